The highest BCUT2D eigenvalue weighted by Crippen LogP contribution is 2.32. The lowest BCUT2D eigenvalue weighted by Crippen LogP contribution is -2.49. The van der Waals surface area contributed by atoms with Crippen molar-refractivity contribution >= 4 is 11.8 Å². The molecule has 7 heteroatoms. The van der Waals surface area contributed by atoms with Gasteiger partial charge in [0.05, 0.1) is 0 Å². The van der Waals surface area contributed by atoms with Crippen LogP contribution in [0.1, 0.15) is 50.7 Å². The molecule has 1 heterocycles. The molecule has 0 spiro atoms. The van der Waals surface area contributed by atoms with Crippen LogP contribution in [0, 0.1) is 5.82 Å². The van der Waals surface area contributed by atoms with Crippen molar-refractivity contribution < 1.29 is 23.5 Å². The van der Waals surface area contributed by atoms with E-state index in [1.807, 2.05) is 25.1 Å². The van der Waals surface area contributed by atoms with Gasteiger partial charge in [0.2, 0.25) is 18.6 Å². The molecule has 0 radical (unpaired) electrons. The zero-order valence-corrected chi connectivity index (χ0v) is 18.7. The van der Waals surface area contributed by atoms with Gasteiger partial charge >= 0.3 is 0 Å². The van der Waals surface area contributed by atoms with Crippen LogP contribution in [-0.2, 0) is 22.6 Å². The first kappa shape index (κ1) is 23.6. The standard InChI is InChI=1S/C25H31FN2O4/c1-3-5-14-27-25(30)21(4-2)28(16-19-6-10-20(26)11-7-19)24(29)13-9-18-8-12-22-23(15-18)32-17-31-22/h6-8,10-12,15,21H,3-5,9,13-14,16-17H2,1-2H3,(H,27,30). The molecule has 2 aromatic carbocycles. The van der Waals surface area contributed by atoms with E-state index in [-0.39, 0.29) is 37.4 Å². The van der Waals surface area contributed by atoms with Crippen molar-refractivity contribution in [1.29, 1.82) is 0 Å². The van der Waals surface area contributed by atoms with Crippen LogP contribution in [0.4, 0.5) is 4.39 Å². The summed E-state index contributed by atoms with van der Waals surface area (Å²) in [6.45, 7) is 4.99. The van der Waals surface area contributed by atoms with Gasteiger partial charge in [-0.15, -0.1) is 0 Å². The molecular weight excluding hydrogens is 411 g/mol. The van der Waals surface area contributed by atoms with Crippen LogP contribution >= 0.6 is 0 Å². The largest absolute Gasteiger partial charge is 0.454 e. The summed E-state index contributed by atoms with van der Waals surface area (Å²) in [4.78, 5) is 27.7. The average molecular weight is 443 g/mol. The summed E-state index contributed by atoms with van der Waals surface area (Å²) in [5, 5.41) is 2.94. The number of ether oxygens (including phenoxy) is 2. The number of halogens is 1. The summed E-state index contributed by atoms with van der Waals surface area (Å²) >= 11 is 0. The van der Waals surface area contributed by atoms with Crippen molar-refractivity contribution in [3.05, 3.63) is 59.4 Å². The van der Waals surface area contributed by atoms with Crippen molar-refractivity contribution in [2.24, 2.45) is 0 Å². The molecule has 1 unspecified atom stereocenters. The fraction of sp³-hybridized carbons (Fsp3) is 0.440. The first-order chi connectivity index (χ1) is 15.5. The van der Waals surface area contributed by atoms with Gasteiger partial charge in [-0.3, -0.25) is 9.59 Å². The molecule has 1 N–H and O–H groups in total. The van der Waals surface area contributed by atoms with Crippen LogP contribution in [0.15, 0.2) is 42.5 Å². The molecule has 3 rings (SSSR count). The normalized spacial score (nSPS) is 13.0. The minimum atomic E-state index is -0.582. The Bertz CT molecular complexity index is 917. The molecule has 0 bridgehead atoms. The SMILES string of the molecule is CCCCNC(=O)C(CC)N(Cc1ccc(F)cc1)C(=O)CCc1ccc2c(c1)OCO2. The molecule has 0 saturated heterocycles. The fourth-order valence-corrected chi connectivity index (χ4v) is 3.70. The van der Waals surface area contributed by atoms with Crippen molar-refractivity contribution in [3.8, 4) is 11.5 Å². The third kappa shape index (κ3) is 6.22. The van der Waals surface area contributed by atoms with Gasteiger partial charge in [0, 0.05) is 19.5 Å². The molecule has 1 aliphatic heterocycles. The topological polar surface area (TPSA) is 67.9 Å². The van der Waals surface area contributed by atoms with Gasteiger partial charge in [0.15, 0.2) is 11.5 Å². The molecule has 2 aromatic rings. The number of unbranched alkanes of at least 4 members (excludes halogenated alkanes) is 1. The number of fused-ring (bicyclic) bond motifs is 1. The molecule has 0 fully saturated rings. The van der Waals surface area contributed by atoms with Gasteiger partial charge in [-0.05, 0) is 54.7 Å². The van der Waals surface area contributed by atoms with Gasteiger partial charge in [0.1, 0.15) is 11.9 Å². The molecule has 6 nitrogen and oxygen atoms in total. The summed E-state index contributed by atoms with van der Waals surface area (Å²) in [6.07, 6.45) is 3.13. The van der Waals surface area contributed by atoms with Crippen molar-refractivity contribution in [2.75, 3.05) is 13.3 Å². The second-order valence-electron chi connectivity index (χ2n) is 7.90. The van der Waals surface area contributed by atoms with Gasteiger partial charge < -0.3 is 19.7 Å². The Labute approximate surface area is 188 Å². The molecule has 172 valence electrons. The maximum atomic E-state index is 13.3. The highest BCUT2D eigenvalue weighted by atomic mass is 19.1. The number of benzene rings is 2. The quantitative estimate of drug-likeness (QED) is 0.530. The number of amides is 2. The van der Waals surface area contributed by atoms with E-state index < -0.39 is 6.04 Å². The van der Waals surface area contributed by atoms with Crippen LogP contribution in [0.2, 0.25) is 0 Å². The molecule has 1 aliphatic rings. The highest BCUT2D eigenvalue weighted by molar-refractivity contribution is 5.87. The number of nitrogens with zero attached hydrogens (tertiary/aromatic N) is 1. The van der Waals surface area contributed by atoms with Crippen LogP contribution in [0.5, 0.6) is 11.5 Å². The Balaban J connectivity index is 1.72. The summed E-state index contributed by atoms with van der Waals surface area (Å²) in [7, 11) is 0. The van der Waals surface area contributed by atoms with E-state index in [2.05, 4.69) is 12.2 Å². The van der Waals surface area contributed by atoms with E-state index in [4.69, 9.17) is 9.47 Å². The summed E-state index contributed by atoms with van der Waals surface area (Å²) in [5.74, 6) is 0.774. The number of nitrogens with one attached hydrogen (secondary N) is 1. The highest BCUT2D eigenvalue weighted by Gasteiger charge is 2.28. The smallest absolute Gasteiger partial charge is 0.242 e. The molecule has 32 heavy (non-hydrogen) atoms. The molecule has 0 aromatic heterocycles. The first-order valence-electron chi connectivity index (χ1n) is 11.2. The number of carbonyl (C=O) groups is 2. The third-order valence-corrected chi connectivity index (χ3v) is 5.55. The van der Waals surface area contributed by atoms with Gasteiger partial charge in [0.25, 0.3) is 0 Å². The monoisotopic (exact) mass is 442 g/mol. The Morgan fingerprint density at radius 2 is 1.78 bits per heavy atom. The van der Waals surface area contributed by atoms with Gasteiger partial charge in [-0.2, -0.15) is 0 Å². The lowest BCUT2D eigenvalue weighted by atomic mass is 10.1. The van der Waals surface area contributed by atoms with Crippen LogP contribution in [0.25, 0.3) is 0 Å². The lowest BCUT2D eigenvalue weighted by molar-refractivity contribution is -0.141. The van der Waals surface area contributed by atoms with Crippen LogP contribution in [-0.4, -0.2) is 36.1 Å². The zero-order valence-electron chi connectivity index (χ0n) is 18.7. The molecular formula is C25H31FN2O4. The second kappa shape index (κ2) is 11.5. The Morgan fingerprint density at radius 1 is 1.06 bits per heavy atom. The van der Waals surface area contributed by atoms with Crippen molar-refractivity contribution in [2.45, 2.75) is 58.5 Å². The lowest BCUT2D eigenvalue weighted by Gasteiger charge is -2.31. The Hall–Kier alpha value is -3.09. The maximum absolute atomic E-state index is 13.3. The van der Waals surface area contributed by atoms with Crippen LogP contribution in [0.3, 0.4) is 0 Å². The summed E-state index contributed by atoms with van der Waals surface area (Å²) in [5.41, 5.74) is 1.74. The number of rotatable bonds is 11. The predicted molar refractivity (Wildman–Crippen MR) is 120 cm³/mol. The van der Waals surface area contributed by atoms with E-state index in [9.17, 15) is 14.0 Å². The first-order valence-corrected chi connectivity index (χ1v) is 11.2. The molecule has 0 aliphatic carbocycles. The van der Waals surface area contributed by atoms with Crippen LogP contribution < -0.4 is 14.8 Å². The van der Waals surface area contributed by atoms with E-state index in [1.54, 1.807) is 17.0 Å². The maximum Gasteiger partial charge on any atom is 0.242 e. The zero-order chi connectivity index (χ0) is 22.9. The predicted octanol–water partition coefficient (Wildman–Crippen LogP) is 4.21. The minimum absolute atomic E-state index is 0.121. The number of aryl methyl sites for hydroxylation is 1. The number of carbonyl (C=O) groups excluding carboxylic acids is 2. The average Bonchev–Trinajstić information content (AvgIpc) is 3.27. The van der Waals surface area contributed by atoms with Crippen molar-refractivity contribution in [1.82, 2.24) is 10.2 Å². The van der Waals surface area contributed by atoms with E-state index in [0.717, 1.165) is 24.0 Å². The van der Waals surface area contributed by atoms with E-state index in [0.29, 0.717) is 30.9 Å². The van der Waals surface area contributed by atoms with Crippen molar-refractivity contribution in [3.63, 3.8) is 0 Å². The van der Waals surface area contributed by atoms with E-state index in [1.165, 1.54) is 12.1 Å². The Kier molecular flexibility index (Phi) is 8.48. The van der Waals surface area contributed by atoms with Gasteiger partial charge in [-0.25, -0.2) is 4.39 Å². The molecule has 1 atom stereocenters. The third-order valence-electron chi connectivity index (χ3n) is 5.55. The Morgan fingerprint density at radius 3 is 2.50 bits per heavy atom. The number of hydrogen-bond donors (Lipinski definition) is 1. The molecule has 0 saturated carbocycles. The second-order valence-corrected chi connectivity index (χ2v) is 7.90. The van der Waals surface area contributed by atoms with E-state index >= 15 is 0 Å². The minimum Gasteiger partial charge on any atom is -0.454 e. The molecule has 2 amide bonds. The number of hydrogen-bond acceptors (Lipinski definition) is 4. The fourth-order valence-electron chi connectivity index (χ4n) is 3.70. The summed E-state index contributed by atoms with van der Waals surface area (Å²) in [6, 6.07) is 11.1. The summed E-state index contributed by atoms with van der Waals surface area (Å²) < 4.78 is 24.1. The van der Waals surface area contributed by atoms with Gasteiger partial charge in [-0.1, -0.05) is 38.5 Å².